The highest BCUT2D eigenvalue weighted by Gasteiger charge is 2.07. The molecule has 0 radical (unpaired) electrons. The number of hydrogen-bond donors (Lipinski definition) is 0. The maximum absolute atomic E-state index is 4.90. The van der Waals surface area contributed by atoms with Crippen molar-refractivity contribution in [1.29, 1.82) is 0 Å². The van der Waals surface area contributed by atoms with Crippen molar-refractivity contribution in [2.75, 3.05) is 13.2 Å². The Morgan fingerprint density at radius 1 is 1.00 bits per heavy atom. The van der Waals surface area contributed by atoms with Gasteiger partial charge in [0.15, 0.2) is 0 Å². The van der Waals surface area contributed by atoms with Crippen molar-refractivity contribution in [2.24, 2.45) is 0 Å². The van der Waals surface area contributed by atoms with Crippen LogP contribution < -0.4 is 0 Å². The third-order valence-electron chi connectivity index (χ3n) is 2.48. The third kappa shape index (κ3) is 4.45. The van der Waals surface area contributed by atoms with Crippen LogP contribution in [0.25, 0.3) is 0 Å². The number of aryl methyl sites for hydroxylation is 2. The molecule has 0 aromatic heterocycles. The summed E-state index contributed by atoms with van der Waals surface area (Å²) in [7, 11) is 0. The Kier molecular flexibility index (Phi) is 6.28. The van der Waals surface area contributed by atoms with Gasteiger partial charge >= 0.3 is 0 Å². The van der Waals surface area contributed by atoms with Crippen molar-refractivity contribution in [2.45, 2.75) is 19.3 Å². The highest BCUT2D eigenvalue weighted by atomic mass is 16.5. The number of hydrogen-bond acceptors (Lipinski definition) is 1. The van der Waals surface area contributed by atoms with Crippen LogP contribution >= 0.6 is 0 Å². The average Bonchev–Trinajstić information content (AvgIpc) is 2.78. The van der Waals surface area contributed by atoms with Crippen LogP contribution in [-0.2, 0) is 17.6 Å². The van der Waals surface area contributed by atoms with E-state index in [2.05, 4.69) is 37.4 Å². The average molecular weight is 216 g/mol. The Balaban J connectivity index is 0.000000168. The predicted molar refractivity (Wildman–Crippen MR) is 69.7 cm³/mol. The summed E-state index contributed by atoms with van der Waals surface area (Å²) in [5.41, 5.74) is 3.13. The zero-order valence-corrected chi connectivity index (χ0v) is 9.82. The van der Waals surface area contributed by atoms with Gasteiger partial charge in [0.25, 0.3) is 0 Å². The second-order valence-electron chi connectivity index (χ2n) is 3.74. The van der Waals surface area contributed by atoms with E-state index >= 15 is 0 Å². The second kappa shape index (κ2) is 7.89. The fourth-order valence-electron chi connectivity index (χ4n) is 1.75. The van der Waals surface area contributed by atoms with Crippen LogP contribution in [0, 0.1) is 0 Å². The number of fused-ring (bicyclic) bond motifs is 1. The molecule has 1 heteroatoms. The highest BCUT2D eigenvalue weighted by Crippen LogP contribution is 2.20. The molecule has 16 heavy (non-hydrogen) atoms. The van der Waals surface area contributed by atoms with Gasteiger partial charge in [-0.2, -0.15) is 0 Å². The molecule has 0 N–H and O–H groups in total. The summed E-state index contributed by atoms with van der Waals surface area (Å²) >= 11 is 0. The minimum absolute atomic E-state index is 0.617. The molecule has 1 aliphatic carbocycles. The smallest absolute Gasteiger partial charge is 0.0649 e. The summed E-state index contributed by atoms with van der Waals surface area (Å²) in [6, 6.07) is 8.74. The summed E-state index contributed by atoms with van der Waals surface area (Å²) in [5, 5.41) is 0. The SMILES string of the molecule is C=CCOCC=C.c1ccc2c(c1)CCC2. The Labute approximate surface area is 98.5 Å². The van der Waals surface area contributed by atoms with Crippen LogP contribution in [0.1, 0.15) is 17.5 Å². The van der Waals surface area contributed by atoms with Crippen LogP contribution in [0.15, 0.2) is 49.6 Å². The van der Waals surface area contributed by atoms with Gasteiger partial charge < -0.3 is 4.74 Å². The summed E-state index contributed by atoms with van der Waals surface area (Å²) < 4.78 is 4.90. The first-order chi connectivity index (χ1) is 7.88. The van der Waals surface area contributed by atoms with E-state index in [4.69, 9.17) is 4.74 Å². The Hall–Kier alpha value is -1.34. The van der Waals surface area contributed by atoms with Crippen LogP contribution in [0.3, 0.4) is 0 Å². The van der Waals surface area contributed by atoms with Gasteiger partial charge in [-0.1, -0.05) is 36.4 Å². The minimum atomic E-state index is 0.617. The molecule has 0 aliphatic heterocycles. The largest absolute Gasteiger partial charge is 0.373 e. The van der Waals surface area contributed by atoms with E-state index in [0.29, 0.717) is 13.2 Å². The minimum Gasteiger partial charge on any atom is -0.373 e. The van der Waals surface area contributed by atoms with E-state index in [1.807, 2.05) is 0 Å². The lowest BCUT2D eigenvalue weighted by Crippen LogP contribution is -1.87. The normalized spacial score (nSPS) is 12.2. The molecule has 1 aliphatic rings. The molecule has 1 aromatic rings. The maximum Gasteiger partial charge on any atom is 0.0649 e. The summed E-state index contributed by atoms with van der Waals surface area (Å²) in [5.74, 6) is 0. The Morgan fingerprint density at radius 2 is 1.50 bits per heavy atom. The highest BCUT2D eigenvalue weighted by molar-refractivity contribution is 5.30. The van der Waals surface area contributed by atoms with Gasteiger partial charge in [-0.25, -0.2) is 0 Å². The quantitative estimate of drug-likeness (QED) is 0.552. The van der Waals surface area contributed by atoms with Gasteiger partial charge in [-0.15, -0.1) is 13.2 Å². The van der Waals surface area contributed by atoms with Crippen molar-refractivity contribution in [3.05, 3.63) is 60.7 Å². The van der Waals surface area contributed by atoms with E-state index < -0.39 is 0 Å². The maximum atomic E-state index is 4.90. The van der Waals surface area contributed by atoms with Crippen molar-refractivity contribution in [3.63, 3.8) is 0 Å². The van der Waals surface area contributed by atoms with Crippen LogP contribution in [0.2, 0.25) is 0 Å². The molecule has 0 saturated carbocycles. The van der Waals surface area contributed by atoms with Gasteiger partial charge in [0, 0.05) is 0 Å². The molecular weight excluding hydrogens is 196 g/mol. The van der Waals surface area contributed by atoms with E-state index in [1.54, 1.807) is 23.3 Å². The van der Waals surface area contributed by atoms with Crippen LogP contribution in [-0.4, -0.2) is 13.2 Å². The zero-order valence-electron chi connectivity index (χ0n) is 9.82. The molecule has 0 saturated heterocycles. The molecule has 2 rings (SSSR count). The van der Waals surface area contributed by atoms with Gasteiger partial charge in [-0.3, -0.25) is 0 Å². The number of ether oxygens (including phenoxy) is 1. The lowest BCUT2D eigenvalue weighted by Gasteiger charge is -1.93. The summed E-state index contributed by atoms with van der Waals surface area (Å²) in [6.45, 7) is 8.18. The van der Waals surface area contributed by atoms with Gasteiger partial charge in [0.05, 0.1) is 13.2 Å². The van der Waals surface area contributed by atoms with E-state index in [-0.39, 0.29) is 0 Å². The molecule has 1 aromatic carbocycles. The molecule has 1 nitrogen and oxygen atoms in total. The lowest BCUT2D eigenvalue weighted by molar-refractivity contribution is 0.194. The number of benzene rings is 1. The van der Waals surface area contributed by atoms with Gasteiger partial charge in [0.2, 0.25) is 0 Å². The first-order valence-corrected chi connectivity index (χ1v) is 5.74. The Bertz CT molecular complexity index is 297. The van der Waals surface area contributed by atoms with Crippen molar-refractivity contribution in [1.82, 2.24) is 0 Å². The monoisotopic (exact) mass is 216 g/mol. The molecule has 0 heterocycles. The van der Waals surface area contributed by atoms with Crippen LogP contribution in [0.5, 0.6) is 0 Å². The molecule has 0 atom stereocenters. The zero-order chi connectivity index (χ0) is 11.6. The summed E-state index contributed by atoms with van der Waals surface area (Å²) in [6.07, 6.45) is 7.39. The fourth-order valence-corrected chi connectivity index (χ4v) is 1.75. The molecule has 0 fully saturated rings. The van der Waals surface area contributed by atoms with Gasteiger partial charge in [0.1, 0.15) is 0 Å². The molecule has 0 bridgehead atoms. The van der Waals surface area contributed by atoms with Crippen molar-refractivity contribution in [3.8, 4) is 0 Å². The number of rotatable bonds is 4. The molecule has 86 valence electrons. The standard InChI is InChI=1S/C9H10.C6H10O/c1-2-5-9-7-3-6-8(9)4-1;1-3-5-7-6-4-2/h1-2,4-5H,3,6-7H2;3-4H,1-2,5-6H2. The Morgan fingerprint density at radius 3 is 1.94 bits per heavy atom. The fraction of sp³-hybridized carbons (Fsp3) is 0.333. The van der Waals surface area contributed by atoms with E-state index in [9.17, 15) is 0 Å². The van der Waals surface area contributed by atoms with E-state index in [0.717, 1.165) is 0 Å². The summed E-state index contributed by atoms with van der Waals surface area (Å²) in [4.78, 5) is 0. The first kappa shape index (κ1) is 12.7. The van der Waals surface area contributed by atoms with Crippen molar-refractivity contribution < 1.29 is 4.74 Å². The predicted octanol–water partition coefficient (Wildman–Crippen LogP) is 3.55. The topological polar surface area (TPSA) is 9.23 Å². The van der Waals surface area contributed by atoms with Crippen LogP contribution in [0.4, 0.5) is 0 Å². The molecule has 0 amide bonds. The van der Waals surface area contributed by atoms with E-state index in [1.165, 1.54) is 19.3 Å². The second-order valence-corrected chi connectivity index (χ2v) is 3.74. The molecule has 0 spiro atoms. The first-order valence-electron chi connectivity index (χ1n) is 5.74. The molecular formula is C15H20O. The van der Waals surface area contributed by atoms with Crippen molar-refractivity contribution >= 4 is 0 Å². The van der Waals surface area contributed by atoms with Gasteiger partial charge in [-0.05, 0) is 30.4 Å². The molecule has 0 unspecified atom stereocenters. The lowest BCUT2D eigenvalue weighted by atomic mass is 10.1. The third-order valence-corrected chi connectivity index (χ3v) is 2.48.